The van der Waals surface area contributed by atoms with E-state index in [0.717, 1.165) is 16.7 Å². The SMILES string of the molecule is Cc1cc(C(C)(C)C)cc(C)c1C(N)C(O)CN. The Morgan fingerprint density at radius 2 is 1.61 bits per heavy atom. The molecule has 0 amide bonds. The zero-order valence-electron chi connectivity index (χ0n) is 12.1. The van der Waals surface area contributed by atoms with E-state index in [-0.39, 0.29) is 12.0 Å². The van der Waals surface area contributed by atoms with Crippen molar-refractivity contribution in [2.24, 2.45) is 11.5 Å². The Labute approximate surface area is 110 Å². The fourth-order valence-corrected chi connectivity index (χ4v) is 2.27. The molecule has 3 heteroatoms. The second-order valence-corrected chi connectivity index (χ2v) is 6.10. The molecule has 3 nitrogen and oxygen atoms in total. The average Bonchev–Trinajstić information content (AvgIpc) is 2.25. The fourth-order valence-electron chi connectivity index (χ4n) is 2.27. The second-order valence-electron chi connectivity index (χ2n) is 6.10. The van der Waals surface area contributed by atoms with Crippen LogP contribution in [0, 0.1) is 13.8 Å². The van der Waals surface area contributed by atoms with Crippen LogP contribution in [0.4, 0.5) is 0 Å². The molecule has 0 aromatic heterocycles. The summed E-state index contributed by atoms with van der Waals surface area (Å²) >= 11 is 0. The lowest BCUT2D eigenvalue weighted by Gasteiger charge is -2.26. The maximum absolute atomic E-state index is 9.81. The number of hydrogen-bond acceptors (Lipinski definition) is 3. The molecule has 2 atom stereocenters. The van der Waals surface area contributed by atoms with Crippen molar-refractivity contribution in [3.05, 3.63) is 34.4 Å². The van der Waals surface area contributed by atoms with Crippen LogP contribution in [0.3, 0.4) is 0 Å². The Hall–Kier alpha value is -0.900. The second kappa shape index (κ2) is 5.39. The Kier molecular flexibility index (Phi) is 4.54. The summed E-state index contributed by atoms with van der Waals surface area (Å²) < 4.78 is 0. The van der Waals surface area contributed by atoms with Gasteiger partial charge >= 0.3 is 0 Å². The quantitative estimate of drug-likeness (QED) is 0.767. The predicted octanol–water partition coefficient (Wildman–Crippen LogP) is 1.92. The van der Waals surface area contributed by atoms with Gasteiger partial charge in [-0.3, -0.25) is 0 Å². The highest BCUT2D eigenvalue weighted by Gasteiger charge is 2.22. The van der Waals surface area contributed by atoms with Crippen LogP contribution in [-0.4, -0.2) is 17.8 Å². The van der Waals surface area contributed by atoms with Gasteiger partial charge < -0.3 is 16.6 Å². The molecule has 0 fully saturated rings. The molecule has 0 aliphatic rings. The van der Waals surface area contributed by atoms with Gasteiger partial charge in [0.1, 0.15) is 0 Å². The Balaban J connectivity index is 3.25. The number of hydrogen-bond donors (Lipinski definition) is 3. The molecule has 0 heterocycles. The molecular weight excluding hydrogens is 224 g/mol. The molecule has 18 heavy (non-hydrogen) atoms. The number of benzene rings is 1. The van der Waals surface area contributed by atoms with Crippen LogP contribution in [-0.2, 0) is 5.41 Å². The van der Waals surface area contributed by atoms with Crippen LogP contribution in [0.15, 0.2) is 12.1 Å². The lowest BCUT2D eigenvalue weighted by Crippen LogP contribution is -2.33. The minimum Gasteiger partial charge on any atom is -0.390 e. The van der Waals surface area contributed by atoms with Crippen molar-refractivity contribution in [3.63, 3.8) is 0 Å². The fraction of sp³-hybridized carbons (Fsp3) is 0.600. The number of nitrogens with two attached hydrogens (primary N) is 2. The molecule has 5 N–H and O–H groups in total. The van der Waals surface area contributed by atoms with Crippen molar-refractivity contribution in [1.82, 2.24) is 0 Å². The molecule has 0 bridgehead atoms. The van der Waals surface area contributed by atoms with Gasteiger partial charge in [0.25, 0.3) is 0 Å². The summed E-state index contributed by atoms with van der Waals surface area (Å²) in [4.78, 5) is 0. The van der Waals surface area contributed by atoms with Gasteiger partial charge in [0.2, 0.25) is 0 Å². The molecule has 1 rings (SSSR count). The third kappa shape index (κ3) is 3.10. The van der Waals surface area contributed by atoms with Crippen LogP contribution in [0.2, 0.25) is 0 Å². The van der Waals surface area contributed by atoms with Gasteiger partial charge in [-0.1, -0.05) is 32.9 Å². The number of aliphatic hydroxyl groups excluding tert-OH is 1. The van der Waals surface area contributed by atoms with Crippen molar-refractivity contribution in [2.45, 2.75) is 52.2 Å². The highest BCUT2D eigenvalue weighted by Crippen LogP contribution is 2.30. The summed E-state index contributed by atoms with van der Waals surface area (Å²) in [5.41, 5.74) is 16.2. The van der Waals surface area contributed by atoms with E-state index < -0.39 is 12.1 Å². The molecule has 0 saturated carbocycles. The maximum atomic E-state index is 9.81. The molecule has 1 aromatic carbocycles. The molecule has 102 valence electrons. The number of aliphatic hydroxyl groups is 1. The van der Waals surface area contributed by atoms with Crippen LogP contribution in [0.25, 0.3) is 0 Å². The Morgan fingerprint density at radius 1 is 1.17 bits per heavy atom. The Morgan fingerprint density at radius 3 is 1.94 bits per heavy atom. The van der Waals surface area contributed by atoms with Gasteiger partial charge in [0.05, 0.1) is 12.1 Å². The third-order valence-corrected chi connectivity index (χ3v) is 3.45. The summed E-state index contributed by atoms with van der Waals surface area (Å²) in [6, 6.07) is 3.90. The molecular formula is C15H26N2O. The average molecular weight is 250 g/mol. The van der Waals surface area contributed by atoms with E-state index in [1.807, 2.05) is 13.8 Å². The van der Waals surface area contributed by atoms with Crippen LogP contribution >= 0.6 is 0 Å². The van der Waals surface area contributed by atoms with Gasteiger partial charge in [-0.2, -0.15) is 0 Å². The standard InChI is InChI=1S/C15H26N2O/c1-9-6-11(15(3,4)5)7-10(2)13(9)14(17)12(18)8-16/h6-7,12,14,18H,8,16-17H2,1-5H3. The molecule has 0 aliphatic carbocycles. The Bertz CT molecular complexity index is 398. The highest BCUT2D eigenvalue weighted by atomic mass is 16.3. The first-order chi connectivity index (χ1) is 8.18. The monoisotopic (exact) mass is 250 g/mol. The topological polar surface area (TPSA) is 72.3 Å². The zero-order valence-corrected chi connectivity index (χ0v) is 12.1. The minimum atomic E-state index is -0.692. The van der Waals surface area contributed by atoms with E-state index in [4.69, 9.17) is 11.5 Å². The molecule has 0 radical (unpaired) electrons. The first-order valence-corrected chi connectivity index (χ1v) is 6.43. The lowest BCUT2D eigenvalue weighted by molar-refractivity contribution is 0.152. The zero-order chi connectivity index (χ0) is 14.1. The minimum absolute atomic E-state index is 0.116. The van der Waals surface area contributed by atoms with Crippen LogP contribution < -0.4 is 11.5 Å². The van der Waals surface area contributed by atoms with Crippen LogP contribution in [0.5, 0.6) is 0 Å². The normalized spacial score (nSPS) is 15.6. The summed E-state index contributed by atoms with van der Waals surface area (Å²) in [5, 5.41) is 9.81. The van der Waals surface area contributed by atoms with Crippen molar-refractivity contribution in [3.8, 4) is 0 Å². The summed E-state index contributed by atoms with van der Waals surface area (Å²) in [6.45, 7) is 10.8. The van der Waals surface area contributed by atoms with Gasteiger partial charge in [-0.25, -0.2) is 0 Å². The molecule has 0 spiro atoms. The van der Waals surface area contributed by atoms with E-state index >= 15 is 0 Å². The number of rotatable bonds is 3. The lowest BCUT2D eigenvalue weighted by atomic mass is 9.82. The molecule has 0 saturated heterocycles. The van der Waals surface area contributed by atoms with E-state index in [2.05, 4.69) is 32.9 Å². The van der Waals surface area contributed by atoms with E-state index in [9.17, 15) is 5.11 Å². The summed E-state index contributed by atoms with van der Waals surface area (Å²) in [6.07, 6.45) is -0.692. The highest BCUT2D eigenvalue weighted by molar-refractivity contribution is 5.42. The smallest absolute Gasteiger partial charge is 0.0854 e. The van der Waals surface area contributed by atoms with Gasteiger partial charge in [0, 0.05) is 6.54 Å². The van der Waals surface area contributed by atoms with Crippen molar-refractivity contribution in [1.29, 1.82) is 0 Å². The maximum Gasteiger partial charge on any atom is 0.0854 e. The predicted molar refractivity (Wildman–Crippen MR) is 76.6 cm³/mol. The van der Waals surface area contributed by atoms with E-state index in [1.165, 1.54) is 5.56 Å². The first-order valence-electron chi connectivity index (χ1n) is 6.43. The van der Waals surface area contributed by atoms with Crippen molar-refractivity contribution < 1.29 is 5.11 Å². The number of aryl methyl sites for hydroxylation is 2. The van der Waals surface area contributed by atoms with E-state index in [0.29, 0.717) is 0 Å². The first kappa shape index (κ1) is 15.2. The van der Waals surface area contributed by atoms with Crippen LogP contribution in [0.1, 0.15) is 49.1 Å². The summed E-state index contributed by atoms with van der Waals surface area (Å²) in [7, 11) is 0. The van der Waals surface area contributed by atoms with Crippen molar-refractivity contribution >= 4 is 0 Å². The molecule has 1 aromatic rings. The third-order valence-electron chi connectivity index (χ3n) is 3.45. The van der Waals surface area contributed by atoms with E-state index in [1.54, 1.807) is 0 Å². The van der Waals surface area contributed by atoms with Gasteiger partial charge in [-0.15, -0.1) is 0 Å². The molecule has 2 unspecified atom stereocenters. The van der Waals surface area contributed by atoms with Gasteiger partial charge in [-0.05, 0) is 41.5 Å². The van der Waals surface area contributed by atoms with Gasteiger partial charge in [0.15, 0.2) is 0 Å². The molecule has 0 aliphatic heterocycles. The summed E-state index contributed by atoms with van der Waals surface area (Å²) in [5.74, 6) is 0. The van der Waals surface area contributed by atoms with Crippen molar-refractivity contribution in [2.75, 3.05) is 6.54 Å². The largest absolute Gasteiger partial charge is 0.390 e.